The molecule has 90 valence electrons. The Morgan fingerprint density at radius 2 is 2.11 bits per heavy atom. The molecule has 18 heavy (non-hydrogen) atoms. The lowest BCUT2D eigenvalue weighted by Gasteiger charge is -2.02. The Bertz CT molecular complexity index is 673. The van der Waals surface area contributed by atoms with Gasteiger partial charge in [0.2, 0.25) is 0 Å². The van der Waals surface area contributed by atoms with Crippen LogP contribution in [0, 0.1) is 6.92 Å². The molecule has 5 heteroatoms. The number of halogens is 1. The van der Waals surface area contributed by atoms with Crippen LogP contribution < -0.4 is 0 Å². The molecule has 0 saturated carbocycles. The summed E-state index contributed by atoms with van der Waals surface area (Å²) in [4.78, 5) is 5.65. The fraction of sp³-hybridized carbons (Fsp3) is 0.0769. The van der Waals surface area contributed by atoms with Crippen LogP contribution in [0.3, 0.4) is 0 Å². The number of thiophene rings is 1. The molecule has 0 aliphatic heterocycles. The summed E-state index contributed by atoms with van der Waals surface area (Å²) in [5.74, 6) is 1.55. The van der Waals surface area contributed by atoms with E-state index in [9.17, 15) is 0 Å². The second-order valence-electron chi connectivity index (χ2n) is 3.90. The highest BCUT2D eigenvalue weighted by Crippen LogP contribution is 2.28. The number of benzene rings is 1. The zero-order chi connectivity index (χ0) is 12.5. The van der Waals surface area contributed by atoms with Gasteiger partial charge >= 0.3 is 0 Å². The molecule has 0 fully saturated rings. The molecule has 1 aromatic carbocycles. The molecular weight excluding hydrogens is 310 g/mol. The summed E-state index contributed by atoms with van der Waals surface area (Å²) >= 11 is 5.17. The molecule has 0 atom stereocenters. The molecule has 0 bridgehead atoms. The Kier molecular flexibility index (Phi) is 3.01. The normalized spacial score (nSPS) is 10.8. The van der Waals surface area contributed by atoms with Gasteiger partial charge in [-0.2, -0.15) is 5.10 Å². The average Bonchev–Trinajstić information content (AvgIpc) is 3.01. The predicted octanol–water partition coefficient (Wildman–Crippen LogP) is 4.27. The van der Waals surface area contributed by atoms with Crippen LogP contribution in [-0.4, -0.2) is 15.2 Å². The Balaban J connectivity index is 2.06. The Morgan fingerprint density at radius 1 is 1.22 bits per heavy atom. The monoisotopic (exact) mass is 319 g/mol. The third kappa shape index (κ3) is 2.00. The fourth-order valence-corrected chi connectivity index (χ4v) is 2.79. The number of nitrogens with zero attached hydrogens (tertiary/aromatic N) is 2. The molecule has 0 unspecified atom stereocenters. The van der Waals surface area contributed by atoms with Crippen LogP contribution in [0.4, 0.5) is 0 Å². The maximum Gasteiger partial charge on any atom is 0.181 e. The summed E-state index contributed by atoms with van der Waals surface area (Å²) in [6, 6.07) is 10.1. The maximum atomic E-state index is 4.55. The topological polar surface area (TPSA) is 41.6 Å². The third-order valence-electron chi connectivity index (χ3n) is 2.75. The van der Waals surface area contributed by atoms with E-state index in [1.165, 1.54) is 0 Å². The maximum absolute atomic E-state index is 4.55. The summed E-state index contributed by atoms with van der Waals surface area (Å²) in [6.45, 7) is 2.06. The van der Waals surface area contributed by atoms with E-state index >= 15 is 0 Å². The number of H-pyrrole nitrogens is 1. The van der Waals surface area contributed by atoms with E-state index in [1.807, 2.05) is 35.7 Å². The smallest absolute Gasteiger partial charge is 0.181 e. The van der Waals surface area contributed by atoms with Gasteiger partial charge in [-0.05, 0) is 30.0 Å². The van der Waals surface area contributed by atoms with Crippen LogP contribution in [0.2, 0.25) is 0 Å². The van der Waals surface area contributed by atoms with Gasteiger partial charge in [-0.15, -0.1) is 11.3 Å². The molecule has 0 spiro atoms. The van der Waals surface area contributed by atoms with Gasteiger partial charge in [-0.3, -0.25) is 5.10 Å². The third-order valence-corrected chi connectivity index (χ3v) is 4.48. The molecule has 0 amide bonds. The van der Waals surface area contributed by atoms with E-state index < -0.39 is 0 Å². The lowest BCUT2D eigenvalue weighted by Crippen LogP contribution is -1.86. The highest BCUT2D eigenvalue weighted by atomic mass is 79.9. The summed E-state index contributed by atoms with van der Waals surface area (Å²) in [5, 5.41) is 9.31. The van der Waals surface area contributed by atoms with Crippen molar-refractivity contribution in [3.63, 3.8) is 0 Å². The van der Waals surface area contributed by atoms with E-state index in [1.54, 1.807) is 11.3 Å². The second-order valence-corrected chi connectivity index (χ2v) is 5.70. The number of aromatic nitrogens is 3. The molecule has 2 heterocycles. The first-order chi connectivity index (χ1) is 8.75. The molecule has 1 N–H and O–H groups in total. The standard InChI is InChI=1S/C13H10BrN3S/c1-8-9(4-2-5-10(8)14)12-15-13(17-16-12)11-6-3-7-18-11/h2-7H,1H3,(H,15,16,17). The molecule has 2 aromatic heterocycles. The van der Waals surface area contributed by atoms with Gasteiger partial charge in [0, 0.05) is 10.0 Å². The van der Waals surface area contributed by atoms with Crippen LogP contribution in [0.15, 0.2) is 40.2 Å². The van der Waals surface area contributed by atoms with Crippen molar-refractivity contribution in [2.75, 3.05) is 0 Å². The van der Waals surface area contributed by atoms with Gasteiger partial charge < -0.3 is 0 Å². The van der Waals surface area contributed by atoms with Crippen LogP contribution in [-0.2, 0) is 0 Å². The predicted molar refractivity (Wildman–Crippen MR) is 77.6 cm³/mol. The van der Waals surface area contributed by atoms with Crippen molar-refractivity contribution in [1.29, 1.82) is 0 Å². The average molecular weight is 320 g/mol. The summed E-state index contributed by atoms with van der Waals surface area (Å²) in [5.41, 5.74) is 2.19. The highest BCUT2D eigenvalue weighted by molar-refractivity contribution is 9.10. The van der Waals surface area contributed by atoms with Crippen LogP contribution in [0.5, 0.6) is 0 Å². The number of hydrogen-bond donors (Lipinski definition) is 1. The van der Waals surface area contributed by atoms with Gasteiger partial charge in [-0.1, -0.05) is 34.1 Å². The minimum absolute atomic E-state index is 0.734. The van der Waals surface area contributed by atoms with Crippen molar-refractivity contribution in [3.8, 4) is 22.1 Å². The fourth-order valence-electron chi connectivity index (χ4n) is 1.76. The highest BCUT2D eigenvalue weighted by Gasteiger charge is 2.11. The summed E-state index contributed by atoms with van der Waals surface area (Å²) in [6.07, 6.45) is 0. The van der Waals surface area contributed by atoms with E-state index in [0.717, 1.165) is 32.1 Å². The molecule has 3 rings (SSSR count). The van der Waals surface area contributed by atoms with E-state index in [2.05, 4.69) is 38.0 Å². The van der Waals surface area contributed by atoms with Gasteiger partial charge in [-0.25, -0.2) is 4.98 Å². The number of rotatable bonds is 2. The Labute approximate surface area is 117 Å². The van der Waals surface area contributed by atoms with Crippen molar-refractivity contribution in [1.82, 2.24) is 15.2 Å². The van der Waals surface area contributed by atoms with Crippen molar-refractivity contribution in [2.45, 2.75) is 6.92 Å². The number of nitrogens with one attached hydrogen (secondary N) is 1. The Hall–Kier alpha value is -1.46. The second kappa shape index (κ2) is 4.66. The zero-order valence-electron chi connectivity index (χ0n) is 9.64. The largest absolute Gasteiger partial charge is 0.258 e. The van der Waals surface area contributed by atoms with Crippen molar-refractivity contribution in [3.05, 3.63) is 45.7 Å². The molecule has 3 aromatic rings. The molecule has 0 saturated heterocycles. The molecular formula is C13H10BrN3S. The Morgan fingerprint density at radius 3 is 2.89 bits per heavy atom. The molecule has 0 radical (unpaired) electrons. The first kappa shape index (κ1) is 11.6. The van der Waals surface area contributed by atoms with Crippen LogP contribution in [0.25, 0.3) is 22.1 Å². The first-order valence-corrected chi connectivity index (χ1v) is 7.15. The zero-order valence-corrected chi connectivity index (χ0v) is 12.0. The van der Waals surface area contributed by atoms with E-state index in [-0.39, 0.29) is 0 Å². The minimum atomic E-state index is 0.734. The summed E-state index contributed by atoms with van der Waals surface area (Å²) < 4.78 is 1.07. The van der Waals surface area contributed by atoms with Gasteiger partial charge in [0.1, 0.15) is 0 Å². The SMILES string of the molecule is Cc1c(Br)cccc1-c1n[nH]c(-c2cccs2)n1. The van der Waals surface area contributed by atoms with Gasteiger partial charge in [0.05, 0.1) is 4.88 Å². The van der Waals surface area contributed by atoms with Crippen molar-refractivity contribution < 1.29 is 0 Å². The van der Waals surface area contributed by atoms with Crippen molar-refractivity contribution >= 4 is 27.3 Å². The quantitative estimate of drug-likeness (QED) is 0.766. The first-order valence-electron chi connectivity index (χ1n) is 5.47. The van der Waals surface area contributed by atoms with E-state index in [0.29, 0.717) is 0 Å². The van der Waals surface area contributed by atoms with Crippen molar-refractivity contribution in [2.24, 2.45) is 0 Å². The van der Waals surface area contributed by atoms with Crippen LogP contribution in [0.1, 0.15) is 5.56 Å². The summed E-state index contributed by atoms with van der Waals surface area (Å²) in [7, 11) is 0. The number of hydrogen-bond acceptors (Lipinski definition) is 3. The minimum Gasteiger partial charge on any atom is -0.258 e. The van der Waals surface area contributed by atoms with Crippen LogP contribution >= 0.6 is 27.3 Å². The lowest BCUT2D eigenvalue weighted by molar-refractivity contribution is 1.10. The van der Waals surface area contributed by atoms with Gasteiger partial charge in [0.15, 0.2) is 11.6 Å². The van der Waals surface area contributed by atoms with E-state index in [4.69, 9.17) is 0 Å². The number of aromatic amines is 1. The molecule has 0 aliphatic carbocycles. The van der Waals surface area contributed by atoms with Gasteiger partial charge in [0.25, 0.3) is 0 Å². The molecule has 3 nitrogen and oxygen atoms in total. The lowest BCUT2D eigenvalue weighted by atomic mass is 10.1. The molecule has 0 aliphatic rings.